The number of nitrogens with one attached hydrogen (secondary N) is 2. The Morgan fingerprint density at radius 1 is 1.18 bits per heavy atom. The predicted octanol–water partition coefficient (Wildman–Crippen LogP) is 5.18. The summed E-state index contributed by atoms with van der Waals surface area (Å²) in [5.74, 6) is 2.15. The van der Waals surface area contributed by atoms with Crippen LogP contribution in [-0.4, -0.2) is 79.1 Å². The number of imidazole rings is 1. The standard InChI is InChI=1S/C26H26Cl2N8OS/c1-14(23-32-20-5-4-16(27)8-22(20)33-23)31-24-18-9-19(28)17(10-21(18)29-13-30-24)25(37)36-6-7-38-26(36)15-11-34(2)35(3)12-15/h4-5,8-11,13-14,26H,6-7,12H2,1-3H3,(H,32,33)(H,29,30,31)/t14-,26?/m0/s1. The van der Waals surface area contributed by atoms with Crippen LogP contribution in [0.25, 0.3) is 21.9 Å². The van der Waals surface area contributed by atoms with E-state index in [1.165, 1.54) is 11.9 Å². The van der Waals surface area contributed by atoms with Crippen molar-refractivity contribution < 1.29 is 4.79 Å². The van der Waals surface area contributed by atoms with Crippen molar-refractivity contribution in [3.8, 4) is 0 Å². The van der Waals surface area contributed by atoms with Crippen LogP contribution in [0.15, 0.2) is 48.4 Å². The summed E-state index contributed by atoms with van der Waals surface area (Å²) in [7, 11) is 4.04. The van der Waals surface area contributed by atoms with Crippen LogP contribution in [0.3, 0.4) is 0 Å². The molecule has 1 fully saturated rings. The Bertz CT molecular complexity index is 1590. The average molecular weight is 570 g/mol. The summed E-state index contributed by atoms with van der Waals surface area (Å²) in [4.78, 5) is 32.5. The van der Waals surface area contributed by atoms with Gasteiger partial charge in [0.15, 0.2) is 0 Å². The Morgan fingerprint density at radius 2 is 2.03 bits per heavy atom. The van der Waals surface area contributed by atoms with Gasteiger partial charge >= 0.3 is 0 Å². The number of benzene rings is 2. The molecule has 0 saturated carbocycles. The van der Waals surface area contributed by atoms with E-state index in [2.05, 4.69) is 36.5 Å². The maximum absolute atomic E-state index is 13.7. The number of hydrogen-bond acceptors (Lipinski definition) is 8. The number of rotatable bonds is 5. The highest BCUT2D eigenvalue weighted by molar-refractivity contribution is 8.00. The molecule has 9 nitrogen and oxygen atoms in total. The van der Waals surface area contributed by atoms with Gasteiger partial charge in [-0.25, -0.2) is 20.0 Å². The quantitative estimate of drug-likeness (QED) is 0.340. The third-order valence-electron chi connectivity index (χ3n) is 6.95. The highest BCUT2D eigenvalue weighted by Gasteiger charge is 2.36. The third-order valence-corrected chi connectivity index (χ3v) is 8.79. The minimum absolute atomic E-state index is 0.0103. The molecule has 12 heteroatoms. The van der Waals surface area contributed by atoms with Crippen LogP contribution in [0.2, 0.25) is 10.0 Å². The molecule has 1 amide bonds. The van der Waals surface area contributed by atoms with E-state index >= 15 is 0 Å². The molecule has 1 unspecified atom stereocenters. The van der Waals surface area contributed by atoms with Gasteiger partial charge in [-0.05, 0) is 42.8 Å². The lowest BCUT2D eigenvalue weighted by atomic mass is 10.1. The van der Waals surface area contributed by atoms with Gasteiger partial charge in [0, 0.05) is 49.5 Å². The van der Waals surface area contributed by atoms with E-state index in [9.17, 15) is 4.79 Å². The first-order valence-corrected chi connectivity index (χ1v) is 14.0. The van der Waals surface area contributed by atoms with Crippen molar-refractivity contribution in [3.05, 3.63) is 69.9 Å². The lowest BCUT2D eigenvalue weighted by Gasteiger charge is -2.25. The third kappa shape index (κ3) is 4.55. The Kier molecular flexibility index (Phi) is 6.59. The maximum Gasteiger partial charge on any atom is 0.256 e. The molecule has 0 bridgehead atoms. The maximum atomic E-state index is 13.7. The first-order chi connectivity index (χ1) is 18.3. The van der Waals surface area contributed by atoms with Crippen LogP contribution in [-0.2, 0) is 0 Å². The number of hydrogen-bond donors (Lipinski definition) is 2. The van der Waals surface area contributed by atoms with Gasteiger partial charge in [0.1, 0.15) is 23.3 Å². The molecule has 0 aliphatic carbocycles. The van der Waals surface area contributed by atoms with Gasteiger partial charge in [0.05, 0.1) is 33.2 Å². The van der Waals surface area contributed by atoms with Crippen molar-refractivity contribution in [2.75, 3.05) is 38.3 Å². The number of hydrazine groups is 1. The number of aromatic nitrogens is 4. The van der Waals surface area contributed by atoms with Crippen molar-refractivity contribution in [1.29, 1.82) is 0 Å². The van der Waals surface area contributed by atoms with Gasteiger partial charge < -0.3 is 20.2 Å². The van der Waals surface area contributed by atoms with Crippen LogP contribution in [0.5, 0.6) is 0 Å². The van der Waals surface area contributed by atoms with Gasteiger partial charge in [-0.2, -0.15) is 0 Å². The molecule has 38 heavy (non-hydrogen) atoms. The monoisotopic (exact) mass is 568 g/mol. The summed E-state index contributed by atoms with van der Waals surface area (Å²) in [6.07, 6.45) is 3.59. The predicted molar refractivity (Wildman–Crippen MR) is 153 cm³/mol. The van der Waals surface area contributed by atoms with E-state index in [0.29, 0.717) is 33.5 Å². The van der Waals surface area contributed by atoms with Crippen LogP contribution >= 0.6 is 35.0 Å². The molecule has 2 atom stereocenters. The molecule has 196 valence electrons. The molecule has 2 N–H and O–H groups in total. The van der Waals surface area contributed by atoms with Gasteiger partial charge in [-0.1, -0.05) is 23.2 Å². The van der Waals surface area contributed by atoms with Gasteiger partial charge in [0.25, 0.3) is 5.91 Å². The fraction of sp³-hybridized carbons (Fsp3) is 0.308. The van der Waals surface area contributed by atoms with E-state index in [1.807, 2.05) is 49.1 Å². The first kappa shape index (κ1) is 25.2. The fourth-order valence-corrected chi connectivity index (χ4v) is 6.55. The number of aromatic amines is 1. The molecule has 4 aromatic rings. The van der Waals surface area contributed by atoms with E-state index < -0.39 is 0 Å². The second-order valence-corrected chi connectivity index (χ2v) is 11.6. The minimum Gasteiger partial charge on any atom is -0.360 e. The van der Waals surface area contributed by atoms with Gasteiger partial charge in [0.2, 0.25) is 0 Å². The zero-order chi connectivity index (χ0) is 26.6. The summed E-state index contributed by atoms with van der Waals surface area (Å²) in [5.41, 5.74) is 3.99. The van der Waals surface area contributed by atoms with Crippen molar-refractivity contribution in [2.24, 2.45) is 0 Å². The molecule has 0 spiro atoms. The van der Waals surface area contributed by atoms with Crippen molar-refractivity contribution in [1.82, 2.24) is 34.9 Å². The number of carbonyl (C=O) groups is 1. The fourth-order valence-electron chi connectivity index (χ4n) is 4.87. The van der Waals surface area contributed by atoms with Gasteiger partial charge in [-0.3, -0.25) is 4.79 Å². The number of carbonyl (C=O) groups excluding carboxylic acids is 1. The number of amides is 1. The smallest absolute Gasteiger partial charge is 0.256 e. The number of fused-ring (bicyclic) bond motifs is 2. The lowest BCUT2D eigenvalue weighted by Crippen LogP contribution is -2.37. The van der Waals surface area contributed by atoms with Crippen LogP contribution in [0.4, 0.5) is 5.82 Å². The number of nitrogens with zero attached hydrogens (tertiary/aromatic N) is 6. The minimum atomic E-state index is -0.183. The summed E-state index contributed by atoms with van der Waals surface area (Å²) < 4.78 is 0. The van der Waals surface area contributed by atoms with E-state index in [1.54, 1.807) is 23.9 Å². The second-order valence-electron chi connectivity index (χ2n) is 9.54. The molecule has 0 radical (unpaired) electrons. The summed E-state index contributed by atoms with van der Waals surface area (Å²) in [5, 5.41) is 9.31. The molecule has 2 aromatic carbocycles. The van der Waals surface area contributed by atoms with Crippen LogP contribution < -0.4 is 5.32 Å². The largest absolute Gasteiger partial charge is 0.360 e. The highest BCUT2D eigenvalue weighted by Crippen LogP contribution is 2.36. The normalized spacial score (nSPS) is 19.0. The SMILES string of the molecule is C[C@H](Nc1ncnc2cc(C(=O)N3CCSC3C3=CN(C)N(C)C3)c(Cl)cc12)c1nc2ccc(Cl)cc2[nH]1. The molecule has 2 aliphatic rings. The van der Waals surface area contributed by atoms with E-state index in [4.69, 9.17) is 23.2 Å². The zero-order valence-electron chi connectivity index (χ0n) is 21.1. The summed E-state index contributed by atoms with van der Waals surface area (Å²) in [6.45, 7) is 3.46. The summed E-state index contributed by atoms with van der Waals surface area (Å²) >= 11 is 14.6. The Labute approximate surface area is 234 Å². The van der Waals surface area contributed by atoms with Crippen LogP contribution in [0.1, 0.15) is 29.1 Å². The summed E-state index contributed by atoms with van der Waals surface area (Å²) in [6, 6.07) is 8.90. The molecule has 4 heterocycles. The van der Waals surface area contributed by atoms with Crippen molar-refractivity contribution in [3.63, 3.8) is 0 Å². The molecule has 6 rings (SSSR count). The zero-order valence-corrected chi connectivity index (χ0v) is 23.4. The number of thioether (sulfide) groups is 1. The molecule has 1 saturated heterocycles. The Balaban J connectivity index is 1.27. The van der Waals surface area contributed by atoms with Gasteiger partial charge in [-0.15, -0.1) is 11.8 Å². The van der Waals surface area contributed by atoms with E-state index in [0.717, 1.165) is 34.5 Å². The highest BCUT2D eigenvalue weighted by atomic mass is 35.5. The molecule has 2 aliphatic heterocycles. The number of H-pyrrole nitrogens is 1. The first-order valence-electron chi connectivity index (χ1n) is 12.2. The Hall–Kier alpha value is -3.05. The van der Waals surface area contributed by atoms with E-state index in [-0.39, 0.29) is 17.3 Å². The number of anilines is 1. The molecular weight excluding hydrogens is 543 g/mol. The van der Waals surface area contributed by atoms with Crippen LogP contribution in [0, 0.1) is 0 Å². The molecule has 2 aromatic heterocycles. The Morgan fingerprint density at radius 3 is 2.82 bits per heavy atom. The lowest BCUT2D eigenvalue weighted by molar-refractivity contribution is 0.0770. The topological polar surface area (TPSA) is 93.3 Å². The number of halogens is 2. The number of likely N-dealkylation sites (N-methyl/N-ethyl adjacent to an activating group) is 1. The second kappa shape index (κ2) is 9.92. The van der Waals surface area contributed by atoms with Crippen molar-refractivity contribution >= 4 is 68.6 Å². The van der Waals surface area contributed by atoms with Crippen molar-refractivity contribution in [2.45, 2.75) is 18.3 Å². The average Bonchev–Trinajstić information content (AvgIpc) is 3.62. The molecular formula is C26H26Cl2N8OS.